The molecule has 0 radical (unpaired) electrons. The van der Waals surface area contributed by atoms with Crippen LogP contribution in [-0.2, 0) is 22.5 Å². The topological polar surface area (TPSA) is 29.5 Å². The molecule has 1 fully saturated rings. The lowest BCUT2D eigenvalue weighted by molar-refractivity contribution is -0.147. The molecule has 19 heavy (non-hydrogen) atoms. The zero-order valence-electron chi connectivity index (χ0n) is 12.1. The number of benzene rings is 1. The van der Waals surface area contributed by atoms with Crippen molar-refractivity contribution in [3.05, 3.63) is 35.4 Å². The number of hydrogen-bond donors (Lipinski definition) is 0. The fourth-order valence-corrected chi connectivity index (χ4v) is 2.56. The number of carbonyl (C=O) groups excluding carboxylic acids is 1. The highest BCUT2D eigenvalue weighted by Crippen LogP contribution is 2.47. The Morgan fingerprint density at radius 2 is 1.84 bits per heavy atom. The average molecular weight is 261 g/mol. The molecule has 1 aromatic carbocycles. The first kappa shape index (κ1) is 14.1. The monoisotopic (exact) mass is 261 g/mol. The lowest BCUT2D eigenvalue weighted by Crippen LogP contribution is -2.32. The van der Waals surface area contributed by atoms with E-state index in [1.807, 2.05) is 0 Å². The molecule has 2 rings (SSSR count). The molecule has 0 amide bonds. The van der Waals surface area contributed by atoms with E-state index >= 15 is 0 Å². The third-order valence-electron chi connectivity index (χ3n) is 3.93. The van der Waals surface area contributed by atoms with E-state index in [1.165, 1.54) is 18.2 Å². The van der Waals surface area contributed by atoms with Gasteiger partial charge >= 0.3 is 5.97 Å². The Kier molecular flexibility index (Phi) is 4.25. The van der Waals surface area contributed by atoms with Crippen LogP contribution >= 0.6 is 0 Å². The molecule has 0 heterocycles. The maximum Gasteiger partial charge on any atom is 0.313 e. The van der Waals surface area contributed by atoms with Crippen LogP contribution in [0.15, 0.2) is 24.3 Å². The Labute approximate surface area is 115 Å². The Hall–Kier alpha value is -1.35. The molecule has 3 heteroatoms. The molecule has 0 N–H and O–H groups in total. The van der Waals surface area contributed by atoms with Crippen molar-refractivity contribution in [1.82, 2.24) is 4.90 Å². The van der Waals surface area contributed by atoms with Crippen molar-refractivity contribution in [1.29, 1.82) is 0 Å². The first-order valence-electron chi connectivity index (χ1n) is 6.94. The summed E-state index contributed by atoms with van der Waals surface area (Å²) in [5.74, 6) is -0.0549. The van der Waals surface area contributed by atoms with Gasteiger partial charge in [0, 0.05) is 13.1 Å². The first-order chi connectivity index (χ1) is 9.09. The highest BCUT2D eigenvalue weighted by Gasteiger charge is 2.51. The van der Waals surface area contributed by atoms with E-state index in [4.69, 9.17) is 4.74 Å². The molecular weight excluding hydrogens is 238 g/mol. The van der Waals surface area contributed by atoms with Crippen LogP contribution in [0.5, 0.6) is 0 Å². The smallest absolute Gasteiger partial charge is 0.313 e. The zero-order valence-corrected chi connectivity index (χ0v) is 12.1. The predicted octanol–water partition coefficient (Wildman–Crippen LogP) is 2.63. The SMILES string of the molecule is CCc1ccc(CN(C)CC2(C(=O)OC)CC2)cc1. The molecule has 0 aromatic heterocycles. The van der Waals surface area contributed by atoms with Crippen molar-refractivity contribution in [2.45, 2.75) is 32.7 Å². The number of nitrogens with zero attached hydrogens (tertiary/aromatic N) is 1. The summed E-state index contributed by atoms with van der Waals surface area (Å²) in [5.41, 5.74) is 2.42. The Bertz CT molecular complexity index is 435. The van der Waals surface area contributed by atoms with E-state index in [1.54, 1.807) is 0 Å². The minimum Gasteiger partial charge on any atom is -0.469 e. The van der Waals surface area contributed by atoms with Gasteiger partial charge in [-0.2, -0.15) is 0 Å². The molecule has 1 saturated carbocycles. The Morgan fingerprint density at radius 3 is 2.32 bits per heavy atom. The van der Waals surface area contributed by atoms with Gasteiger partial charge in [0.1, 0.15) is 0 Å². The number of carbonyl (C=O) groups is 1. The molecule has 1 aliphatic carbocycles. The molecular formula is C16H23NO2. The summed E-state index contributed by atoms with van der Waals surface area (Å²) in [6, 6.07) is 8.70. The van der Waals surface area contributed by atoms with Crippen LogP contribution in [0.3, 0.4) is 0 Å². The molecule has 104 valence electrons. The van der Waals surface area contributed by atoms with Crippen LogP contribution in [0.2, 0.25) is 0 Å². The van der Waals surface area contributed by atoms with Crippen molar-refractivity contribution >= 4 is 5.97 Å². The number of rotatable bonds is 6. The average Bonchev–Trinajstić information content (AvgIpc) is 3.19. The number of ether oxygens (including phenoxy) is 1. The van der Waals surface area contributed by atoms with Gasteiger partial charge < -0.3 is 9.64 Å². The third kappa shape index (κ3) is 3.35. The minimum absolute atomic E-state index is 0.0549. The first-order valence-corrected chi connectivity index (χ1v) is 6.94. The van der Waals surface area contributed by atoms with Crippen LogP contribution in [-0.4, -0.2) is 31.6 Å². The Morgan fingerprint density at radius 1 is 1.26 bits per heavy atom. The highest BCUT2D eigenvalue weighted by molar-refractivity contribution is 5.80. The van der Waals surface area contributed by atoms with E-state index in [2.05, 4.69) is 43.1 Å². The van der Waals surface area contributed by atoms with Gasteiger partial charge in [-0.1, -0.05) is 31.2 Å². The van der Waals surface area contributed by atoms with E-state index < -0.39 is 0 Å². The van der Waals surface area contributed by atoms with Crippen LogP contribution in [0, 0.1) is 5.41 Å². The van der Waals surface area contributed by atoms with E-state index in [0.29, 0.717) is 0 Å². The number of hydrogen-bond acceptors (Lipinski definition) is 3. The molecule has 0 atom stereocenters. The van der Waals surface area contributed by atoms with Gasteiger partial charge in [-0.15, -0.1) is 0 Å². The van der Waals surface area contributed by atoms with Crippen molar-refractivity contribution in [3.8, 4) is 0 Å². The molecule has 0 bridgehead atoms. The van der Waals surface area contributed by atoms with Gasteiger partial charge in [-0.25, -0.2) is 0 Å². The van der Waals surface area contributed by atoms with Crippen molar-refractivity contribution in [2.75, 3.05) is 20.7 Å². The highest BCUT2D eigenvalue weighted by atomic mass is 16.5. The second-order valence-corrected chi connectivity index (χ2v) is 5.61. The van der Waals surface area contributed by atoms with E-state index in [0.717, 1.165) is 32.4 Å². The summed E-state index contributed by atoms with van der Waals surface area (Å²) in [6.45, 7) is 3.83. The van der Waals surface area contributed by atoms with Gasteiger partial charge in [0.25, 0.3) is 0 Å². The predicted molar refractivity (Wildman–Crippen MR) is 75.8 cm³/mol. The van der Waals surface area contributed by atoms with Gasteiger partial charge in [0.05, 0.1) is 12.5 Å². The van der Waals surface area contributed by atoms with Gasteiger partial charge in [-0.3, -0.25) is 4.79 Å². The lowest BCUT2D eigenvalue weighted by atomic mass is 10.1. The Balaban J connectivity index is 1.90. The molecule has 0 spiro atoms. The van der Waals surface area contributed by atoms with E-state index in [9.17, 15) is 4.79 Å². The molecule has 1 aromatic rings. The van der Waals surface area contributed by atoms with Crippen LogP contribution in [0.4, 0.5) is 0 Å². The maximum atomic E-state index is 11.7. The number of esters is 1. The number of aryl methyl sites for hydroxylation is 1. The molecule has 0 aliphatic heterocycles. The lowest BCUT2D eigenvalue weighted by Gasteiger charge is -2.22. The van der Waals surface area contributed by atoms with Crippen LogP contribution in [0.1, 0.15) is 30.9 Å². The number of methoxy groups -OCH3 is 1. The molecule has 1 aliphatic rings. The summed E-state index contributed by atoms with van der Waals surface area (Å²) < 4.78 is 4.89. The van der Waals surface area contributed by atoms with Gasteiger partial charge in [-0.05, 0) is 37.4 Å². The maximum absolute atomic E-state index is 11.7. The standard InChI is InChI=1S/C16H23NO2/c1-4-13-5-7-14(8-6-13)11-17(2)12-16(9-10-16)15(18)19-3/h5-8H,4,9-12H2,1-3H3. The van der Waals surface area contributed by atoms with Crippen molar-refractivity contribution < 1.29 is 9.53 Å². The minimum atomic E-state index is -0.229. The fraction of sp³-hybridized carbons (Fsp3) is 0.562. The summed E-state index contributed by atoms with van der Waals surface area (Å²) in [7, 11) is 3.54. The molecule has 0 saturated heterocycles. The van der Waals surface area contributed by atoms with Crippen LogP contribution < -0.4 is 0 Å². The van der Waals surface area contributed by atoms with E-state index in [-0.39, 0.29) is 11.4 Å². The summed E-state index contributed by atoms with van der Waals surface area (Å²) in [6.07, 6.45) is 2.99. The molecule has 0 unspecified atom stereocenters. The third-order valence-corrected chi connectivity index (χ3v) is 3.93. The van der Waals surface area contributed by atoms with Gasteiger partial charge in [0.15, 0.2) is 0 Å². The zero-order chi connectivity index (χ0) is 13.9. The van der Waals surface area contributed by atoms with Crippen LogP contribution in [0.25, 0.3) is 0 Å². The van der Waals surface area contributed by atoms with Crippen molar-refractivity contribution in [3.63, 3.8) is 0 Å². The summed E-state index contributed by atoms with van der Waals surface area (Å²) in [4.78, 5) is 13.9. The molecule has 3 nitrogen and oxygen atoms in total. The summed E-state index contributed by atoms with van der Waals surface area (Å²) >= 11 is 0. The normalized spacial score (nSPS) is 16.4. The second kappa shape index (κ2) is 5.74. The van der Waals surface area contributed by atoms with Crippen molar-refractivity contribution in [2.24, 2.45) is 5.41 Å². The fourth-order valence-electron chi connectivity index (χ4n) is 2.56. The van der Waals surface area contributed by atoms with Gasteiger partial charge in [0.2, 0.25) is 0 Å². The second-order valence-electron chi connectivity index (χ2n) is 5.61. The quantitative estimate of drug-likeness (QED) is 0.737. The largest absolute Gasteiger partial charge is 0.469 e. The summed E-state index contributed by atoms with van der Waals surface area (Å²) in [5, 5.41) is 0.